The summed E-state index contributed by atoms with van der Waals surface area (Å²) >= 11 is 7.12. The van der Waals surface area contributed by atoms with E-state index in [4.69, 9.17) is 16.3 Å². The Kier molecular flexibility index (Phi) is 6.90. The molecule has 7 nitrogen and oxygen atoms in total. The van der Waals surface area contributed by atoms with E-state index in [1.54, 1.807) is 30.3 Å². The minimum absolute atomic E-state index is 0.0614. The molecule has 2 N–H and O–H groups in total. The third kappa shape index (κ3) is 6.06. The van der Waals surface area contributed by atoms with Gasteiger partial charge < -0.3 is 15.4 Å². The number of thiazole rings is 1. The Morgan fingerprint density at radius 3 is 2.46 bits per heavy atom. The van der Waals surface area contributed by atoms with Crippen LogP contribution in [0.5, 0.6) is 11.6 Å². The normalized spacial score (nSPS) is 11.3. The molecule has 2 aromatic carbocycles. The summed E-state index contributed by atoms with van der Waals surface area (Å²) in [5.41, 5.74) is 0.785. The first-order valence-electron chi connectivity index (χ1n) is 10.1. The molecule has 12 heteroatoms. The lowest BCUT2D eigenvalue weighted by molar-refractivity contribution is -0.137. The molecule has 0 aliphatic heterocycles. The highest BCUT2D eigenvalue weighted by atomic mass is 35.5. The SMILES string of the molecule is Cc1nc(C)c(-c2cc(Oc3cccc(NC(=O)Nc4ccc(Cl)c(C(F)(F)F)c4)c3)ncn2)s1. The number of aromatic nitrogens is 3. The van der Waals surface area contributed by atoms with Crippen LogP contribution in [-0.2, 0) is 6.18 Å². The van der Waals surface area contributed by atoms with E-state index in [1.807, 2.05) is 13.8 Å². The van der Waals surface area contributed by atoms with E-state index in [9.17, 15) is 18.0 Å². The zero-order chi connectivity index (χ0) is 25.2. The summed E-state index contributed by atoms with van der Waals surface area (Å²) in [6.07, 6.45) is -3.26. The second kappa shape index (κ2) is 9.88. The van der Waals surface area contributed by atoms with E-state index < -0.39 is 22.8 Å². The number of urea groups is 1. The summed E-state index contributed by atoms with van der Waals surface area (Å²) in [5, 5.41) is 5.37. The lowest BCUT2D eigenvalue weighted by Gasteiger charge is -2.13. The molecule has 35 heavy (non-hydrogen) atoms. The fourth-order valence-corrected chi connectivity index (χ4v) is 4.27. The van der Waals surface area contributed by atoms with Gasteiger partial charge in [0.15, 0.2) is 0 Å². The Hall–Kier alpha value is -3.70. The first-order valence-corrected chi connectivity index (χ1v) is 11.3. The number of hydrogen-bond donors (Lipinski definition) is 2. The number of amides is 2. The quantitative estimate of drug-likeness (QED) is 0.288. The number of aryl methyl sites for hydroxylation is 2. The number of alkyl halides is 3. The van der Waals surface area contributed by atoms with Gasteiger partial charge in [0.2, 0.25) is 5.88 Å². The maximum atomic E-state index is 13.0. The second-order valence-electron chi connectivity index (χ2n) is 7.29. The first-order chi connectivity index (χ1) is 16.6. The number of nitrogens with zero attached hydrogens (tertiary/aromatic N) is 3. The summed E-state index contributed by atoms with van der Waals surface area (Å²) in [5.74, 6) is 0.679. The van der Waals surface area contributed by atoms with Crippen LogP contribution < -0.4 is 15.4 Å². The van der Waals surface area contributed by atoms with Gasteiger partial charge >= 0.3 is 12.2 Å². The van der Waals surface area contributed by atoms with Gasteiger partial charge in [0.05, 0.1) is 31.9 Å². The highest BCUT2D eigenvalue weighted by Crippen LogP contribution is 2.36. The van der Waals surface area contributed by atoms with E-state index in [1.165, 1.54) is 23.7 Å². The molecule has 0 radical (unpaired) electrons. The van der Waals surface area contributed by atoms with E-state index in [0.29, 0.717) is 23.0 Å². The predicted molar refractivity (Wildman–Crippen MR) is 128 cm³/mol. The van der Waals surface area contributed by atoms with E-state index in [0.717, 1.165) is 27.7 Å². The number of anilines is 2. The van der Waals surface area contributed by atoms with Gasteiger partial charge in [-0.3, -0.25) is 0 Å². The average molecular weight is 520 g/mol. The number of rotatable bonds is 5. The Morgan fingerprint density at radius 2 is 1.77 bits per heavy atom. The lowest BCUT2D eigenvalue weighted by Crippen LogP contribution is -2.20. The van der Waals surface area contributed by atoms with Crippen molar-refractivity contribution in [3.63, 3.8) is 0 Å². The van der Waals surface area contributed by atoms with Gasteiger partial charge in [0.1, 0.15) is 12.1 Å². The zero-order valence-electron chi connectivity index (χ0n) is 18.3. The fraction of sp³-hybridized carbons (Fsp3) is 0.130. The highest BCUT2D eigenvalue weighted by Gasteiger charge is 2.33. The number of hydrogen-bond acceptors (Lipinski definition) is 6. The average Bonchev–Trinajstić information content (AvgIpc) is 3.12. The van der Waals surface area contributed by atoms with Crippen molar-refractivity contribution in [2.45, 2.75) is 20.0 Å². The summed E-state index contributed by atoms with van der Waals surface area (Å²) < 4.78 is 44.9. The van der Waals surface area contributed by atoms with Gasteiger partial charge in [-0.05, 0) is 44.2 Å². The molecule has 2 aromatic heterocycles. The van der Waals surface area contributed by atoms with Crippen LogP contribution >= 0.6 is 22.9 Å². The lowest BCUT2D eigenvalue weighted by atomic mass is 10.2. The number of nitrogens with one attached hydrogen (secondary N) is 2. The molecule has 180 valence electrons. The molecule has 2 heterocycles. The van der Waals surface area contributed by atoms with Crippen LogP contribution in [0.25, 0.3) is 10.6 Å². The molecule has 0 aliphatic carbocycles. The standard InChI is InChI=1S/C23H17ClF3N5O2S/c1-12-21(35-13(2)30-12)19-10-20(29-11-28-19)34-16-5-3-4-14(8-16)31-22(33)32-15-6-7-18(24)17(9-15)23(25,26)27/h3-11H,1-2H3,(H2,31,32,33). The molecule has 0 fully saturated rings. The minimum Gasteiger partial charge on any atom is -0.439 e. The first kappa shape index (κ1) is 24.4. The molecule has 0 saturated heterocycles. The Morgan fingerprint density at radius 1 is 1.03 bits per heavy atom. The second-order valence-corrected chi connectivity index (χ2v) is 8.90. The molecule has 0 spiro atoms. The van der Waals surface area contributed by atoms with Gasteiger partial charge in [0, 0.05) is 23.5 Å². The summed E-state index contributed by atoms with van der Waals surface area (Å²) in [4.78, 5) is 26.1. The van der Waals surface area contributed by atoms with Crippen LogP contribution in [0.15, 0.2) is 54.9 Å². The van der Waals surface area contributed by atoms with E-state index >= 15 is 0 Å². The molecule has 0 atom stereocenters. The maximum Gasteiger partial charge on any atom is 0.417 e. The van der Waals surface area contributed by atoms with Crippen LogP contribution in [0.1, 0.15) is 16.3 Å². The van der Waals surface area contributed by atoms with Crippen molar-refractivity contribution in [3.05, 3.63) is 76.1 Å². The van der Waals surface area contributed by atoms with Gasteiger partial charge in [0.25, 0.3) is 0 Å². The van der Waals surface area contributed by atoms with Gasteiger partial charge in [-0.2, -0.15) is 13.2 Å². The molecule has 4 aromatic rings. The van der Waals surface area contributed by atoms with Crippen LogP contribution in [0.4, 0.5) is 29.3 Å². The number of carbonyl (C=O) groups is 1. The Balaban J connectivity index is 1.45. The van der Waals surface area contributed by atoms with E-state index in [-0.39, 0.29) is 5.69 Å². The smallest absolute Gasteiger partial charge is 0.417 e. The highest BCUT2D eigenvalue weighted by molar-refractivity contribution is 7.15. The van der Waals surface area contributed by atoms with Crippen LogP contribution in [0, 0.1) is 13.8 Å². The molecular formula is C23H17ClF3N5O2S. The Labute approximate surface area is 207 Å². The summed E-state index contributed by atoms with van der Waals surface area (Å²) in [6, 6.07) is 10.5. The summed E-state index contributed by atoms with van der Waals surface area (Å²) in [7, 11) is 0. The van der Waals surface area contributed by atoms with Crippen LogP contribution in [0.2, 0.25) is 5.02 Å². The van der Waals surface area contributed by atoms with E-state index in [2.05, 4.69) is 25.6 Å². The maximum absolute atomic E-state index is 13.0. The number of ether oxygens (including phenoxy) is 1. The van der Waals surface area contributed by atoms with Crippen molar-refractivity contribution < 1.29 is 22.7 Å². The minimum atomic E-state index is -4.64. The van der Waals surface area contributed by atoms with Crippen molar-refractivity contribution in [1.82, 2.24) is 15.0 Å². The largest absolute Gasteiger partial charge is 0.439 e. The summed E-state index contributed by atoms with van der Waals surface area (Å²) in [6.45, 7) is 3.81. The number of benzene rings is 2. The van der Waals surface area contributed by atoms with Crippen LogP contribution in [-0.4, -0.2) is 21.0 Å². The van der Waals surface area contributed by atoms with Crippen molar-refractivity contribution in [3.8, 4) is 22.2 Å². The number of carbonyl (C=O) groups excluding carboxylic acids is 1. The number of halogens is 4. The third-order valence-corrected chi connectivity index (χ3v) is 6.05. The molecule has 0 bridgehead atoms. The molecule has 0 unspecified atom stereocenters. The van der Waals surface area contributed by atoms with Crippen molar-refractivity contribution in [2.24, 2.45) is 0 Å². The zero-order valence-corrected chi connectivity index (χ0v) is 19.8. The van der Waals surface area contributed by atoms with Crippen LogP contribution in [0.3, 0.4) is 0 Å². The van der Waals surface area contributed by atoms with Gasteiger partial charge in [-0.25, -0.2) is 19.7 Å². The molecule has 2 amide bonds. The molecule has 4 rings (SSSR count). The van der Waals surface area contributed by atoms with Gasteiger partial charge in [-0.15, -0.1) is 11.3 Å². The van der Waals surface area contributed by atoms with Crippen molar-refractivity contribution in [1.29, 1.82) is 0 Å². The van der Waals surface area contributed by atoms with Crippen molar-refractivity contribution in [2.75, 3.05) is 10.6 Å². The monoisotopic (exact) mass is 519 g/mol. The van der Waals surface area contributed by atoms with Gasteiger partial charge in [-0.1, -0.05) is 17.7 Å². The fourth-order valence-electron chi connectivity index (χ4n) is 3.16. The molecule has 0 aliphatic rings. The third-order valence-electron chi connectivity index (χ3n) is 4.62. The van der Waals surface area contributed by atoms with Crippen molar-refractivity contribution >= 4 is 40.3 Å². The Bertz CT molecular complexity index is 1390. The topological polar surface area (TPSA) is 89.0 Å². The molecule has 0 saturated carbocycles. The molecular weight excluding hydrogens is 503 g/mol. The predicted octanol–water partition coefficient (Wildman–Crippen LogP) is 7.33.